The van der Waals surface area contributed by atoms with Crippen LogP contribution < -0.4 is 15.9 Å². The lowest BCUT2D eigenvalue weighted by atomic mass is 9.96. The lowest BCUT2D eigenvalue weighted by Gasteiger charge is -2.41. The van der Waals surface area contributed by atoms with Gasteiger partial charge >= 0.3 is 11.7 Å². The zero-order chi connectivity index (χ0) is 24.5. The topological polar surface area (TPSA) is 103 Å². The summed E-state index contributed by atoms with van der Waals surface area (Å²) in [7, 11) is 0. The number of esters is 1. The van der Waals surface area contributed by atoms with Gasteiger partial charge in [0, 0.05) is 13.1 Å². The average Bonchev–Trinajstić information content (AvgIpc) is 3.08. The molecule has 0 unspecified atom stereocenters. The molecule has 178 valence electrons. The summed E-state index contributed by atoms with van der Waals surface area (Å²) >= 11 is 0. The van der Waals surface area contributed by atoms with Crippen molar-refractivity contribution in [1.82, 2.24) is 9.13 Å². The van der Waals surface area contributed by atoms with Crippen LogP contribution in [0.5, 0.6) is 0 Å². The number of carbonyl (C=O) groups is 3. The number of para-hydroxylation sites is 4. The third kappa shape index (κ3) is 4.09. The lowest BCUT2D eigenvalue weighted by molar-refractivity contribution is -0.148. The Bertz CT molecular complexity index is 1320. The smallest absolute Gasteiger partial charge is 0.329 e. The van der Waals surface area contributed by atoms with Crippen LogP contribution in [0, 0.1) is 0 Å². The fraction of sp³-hybridized carbons (Fsp3) is 0.360. The van der Waals surface area contributed by atoms with E-state index in [1.54, 1.807) is 47.2 Å². The molecule has 1 N–H and O–H groups in total. The third-order valence-electron chi connectivity index (χ3n) is 6.03. The summed E-state index contributed by atoms with van der Waals surface area (Å²) in [6, 6.07) is 14.4. The van der Waals surface area contributed by atoms with E-state index in [0.29, 0.717) is 17.9 Å². The molecule has 34 heavy (non-hydrogen) atoms. The number of aryl methyl sites for hydroxylation is 2. The summed E-state index contributed by atoms with van der Waals surface area (Å²) in [6.07, 6.45) is 0.750. The summed E-state index contributed by atoms with van der Waals surface area (Å²) in [5, 5.41) is 2.79. The standard InChI is InChI=1S/C25H28N4O5/c1-4-14-27-19-11-7-8-12-20(19)28(24(27)33)15-13-22(31)34-16-21(30)29-18-10-6-5-9-17(18)26-23(32)25(29,2)3/h5-12H,4,13-16H2,1-3H3,(H,26,32). The van der Waals surface area contributed by atoms with Crippen molar-refractivity contribution >= 4 is 40.2 Å². The van der Waals surface area contributed by atoms with Crippen molar-refractivity contribution in [2.75, 3.05) is 16.8 Å². The molecule has 2 heterocycles. The van der Waals surface area contributed by atoms with Crippen molar-refractivity contribution in [2.45, 2.75) is 52.2 Å². The molecule has 0 radical (unpaired) electrons. The summed E-state index contributed by atoms with van der Waals surface area (Å²) < 4.78 is 8.50. The zero-order valence-electron chi connectivity index (χ0n) is 19.5. The molecule has 0 saturated carbocycles. The number of carbonyl (C=O) groups excluding carboxylic acids is 3. The number of amides is 2. The Morgan fingerprint density at radius 2 is 1.56 bits per heavy atom. The van der Waals surface area contributed by atoms with Gasteiger partial charge in [-0.25, -0.2) is 4.79 Å². The highest BCUT2D eigenvalue weighted by Gasteiger charge is 2.43. The van der Waals surface area contributed by atoms with Crippen molar-refractivity contribution in [1.29, 1.82) is 0 Å². The van der Waals surface area contributed by atoms with E-state index in [-0.39, 0.29) is 24.6 Å². The second-order valence-electron chi connectivity index (χ2n) is 8.74. The van der Waals surface area contributed by atoms with E-state index < -0.39 is 24.0 Å². The average molecular weight is 465 g/mol. The van der Waals surface area contributed by atoms with Crippen LogP contribution in [-0.4, -0.2) is 39.1 Å². The molecule has 9 nitrogen and oxygen atoms in total. The molecule has 2 amide bonds. The number of benzene rings is 2. The van der Waals surface area contributed by atoms with Crippen molar-refractivity contribution in [3.05, 3.63) is 59.0 Å². The summed E-state index contributed by atoms with van der Waals surface area (Å²) in [5.41, 5.74) is 1.32. The van der Waals surface area contributed by atoms with E-state index in [9.17, 15) is 19.2 Å². The number of ether oxygens (including phenoxy) is 1. The second kappa shape index (κ2) is 9.17. The number of hydrogen-bond acceptors (Lipinski definition) is 5. The molecule has 0 bridgehead atoms. The van der Waals surface area contributed by atoms with Gasteiger partial charge in [-0.15, -0.1) is 0 Å². The molecular weight excluding hydrogens is 436 g/mol. The Morgan fingerprint density at radius 1 is 0.941 bits per heavy atom. The first-order valence-corrected chi connectivity index (χ1v) is 11.3. The summed E-state index contributed by atoms with van der Waals surface area (Å²) in [5.74, 6) is -1.42. The maximum atomic E-state index is 13.0. The number of rotatable bonds is 7. The predicted octanol–water partition coefficient (Wildman–Crippen LogP) is 2.91. The third-order valence-corrected chi connectivity index (χ3v) is 6.03. The quantitative estimate of drug-likeness (QED) is 0.542. The number of nitrogens with zero attached hydrogens (tertiary/aromatic N) is 3. The number of anilines is 2. The van der Waals surface area contributed by atoms with Crippen LogP contribution in [0.25, 0.3) is 11.0 Å². The first-order valence-electron chi connectivity index (χ1n) is 11.3. The lowest BCUT2D eigenvalue weighted by Crippen LogP contribution is -2.59. The van der Waals surface area contributed by atoms with Crippen LogP contribution in [0.3, 0.4) is 0 Å². The highest BCUT2D eigenvalue weighted by molar-refractivity contribution is 6.14. The fourth-order valence-electron chi connectivity index (χ4n) is 4.31. The van der Waals surface area contributed by atoms with E-state index in [1.807, 2.05) is 31.2 Å². The Kier molecular flexibility index (Phi) is 6.28. The number of imidazole rings is 1. The molecule has 2 aromatic carbocycles. The van der Waals surface area contributed by atoms with E-state index in [1.165, 1.54) is 4.90 Å². The largest absolute Gasteiger partial charge is 0.455 e. The molecule has 0 atom stereocenters. The van der Waals surface area contributed by atoms with Gasteiger partial charge in [0.05, 0.1) is 28.8 Å². The van der Waals surface area contributed by atoms with Gasteiger partial charge in [-0.3, -0.25) is 28.4 Å². The second-order valence-corrected chi connectivity index (χ2v) is 8.74. The molecular formula is C25H28N4O5. The maximum Gasteiger partial charge on any atom is 0.329 e. The Balaban J connectivity index is 1.44. The van der Waals surface area contributed by atoms with Crippen LogP contribution in [0.15, 0.2) is 53.3 Å². The van der Waals surface area contributed by atoms with Gasteiger partial charge in [-0.1, -0.05) is 31.2 Å². The Morgan fingerprint density at radius 3 is 2.24 bits per heavy atom. The molecule has 0 fully saturated rings. The van der Waals surface area contributed by atoms with E-state index in [0.717, 1.165) is 17.5 Å². The molecule has 1 aromatic heterocycles. The van der Waals surface area contributed by atoms with Crippen LogP contribution in [-0.2, 0) is 32.2 Å². The summed E-state index contributed by atoms with van der Waals surface area (Å²) in [6.45, 7) is 5.50. The van der Waals surface area contributed by atoms with E-state index in [4.69, 9.17) is 4.74 Å². The molecule has 0 aliphatic carbocycles. The minimum absolute atomic E-state index is 0.0617. The van der Waals surface area contributed by atoms with Gasteiger partial charge in [0.2, 0.25) is 5.91 Å². The first-order chi connectivity index (χ1) is 16.3. The molecule has 1 aliphatic rings. The van der Waals surface area contributed by atoms with Gasteiger partial charge in [0.25, 0.3) is 5.91 Å². The molecule has 0 spiro atoms. The van der Waals surface area contributed by atoms with Crippen molar-refractivity contribution in [2.24, 2.45) is 0 Å². The normalized spacial score (nSPS) is 14.6. The van der Waals surface area contributed by atoms with Gasteiger partial charge in [0.15, 0.2) is 6.61 Å². The molecule has 0 saturated heterocycles. The van der Waals surface area contributed by atoms with Crippen LogP contribution in [0.2, 0.25) is 0 Å². The fourth-order valence-corrected chi connectivity index (χ4v) is 4.31. The van der Waals surface area contributed by atoms with Crippen molar-refractivity contribution in [3.8, 4) is 0 Å². The molecule has 1 aliphatic heterocycles. The van der Waals surface area contributed by atoms with Gasteiger partial charge in [-0.05, 0) is 44.5 Å². The Labute approximate surface area is 196 Å². The van der Waals surface area contributed by atoms with Gasteiger partial charge < -0.3 is 10.1 Å². The Hall–Kier alpha value is -3.88. The van der Waals surface area contributed by atoms with Crippen molar-refractivity contribution in [3.63, 3.8) is 0 Å². The number of aromatic nitrogens is 2. The first kappa shape index (κ1) is 23.3. The van der Waals surface area contributed by atoms with Crippen LogP contribution >= 0.6 is 0 Å². The molecule has 4 rings (SSSR count). The summed E-state index contributed by atoms with van der Waals surface area (Å²) in [4.78, 5) is 52.2. The minimum Gasteiger partial charge on any atom is -0.455 e. The van der Waals surface area contributed by atoms with Gasteiger partial charge in [-0.2, -0.15) is 0 Å². The monoisotopic (exact) mass is 464 g/mol. The SMILES string of the molecule is CCCn1c(=O)n(CCC(=O)OCC(=O)N2c3ccccc3NC(=O)C2(C)C)c2ccccc21. The van der Waals surface area contributed by atoms with Crippen molar-refractivity contribution < 1.29 is 19.1 Å². The number of nitrogens with one attached hydrogen (secondary N) is 1. The van der Waals surface area contributed by atoms with E-state index >= 15 is 0 Å². The van der Waals surface area contributed by atoms with Gasteiger partial charge in [0.1, 0.15) is 5.54 Å². The molecule has 9 heteroatoms. The maximum absolute atomic E-state index is 13.0. The highest BCUT2D eigenvalue weighted by atomic mass is 16.5. The number of fused-ring (bicyclic) bond motifs is 2. The minimum atomic E-state index is -1.15. The zero-order valence-corrected chi connectivity index (χ0v) is 19.5. The molecule has 3 aromatic rings. The van der Waals surface area contributed by atoms with Crippen LogP contribution in [0.4, 0.5) is 11.4 Å². The number of hydrogen-bond donors (Lipinski definition) is 1. The highest BCUT2D eigenvalue weighted by Crippen LogP contribution is 2.36. The van der Waals surface area contributed by atoms with E-state index in [2.05, 4.69) is 5.32 Å². The van der Waals surface area contributed by atoms with Crippen LogP contribution in [0.1, 0.15) is 33.6 Å². The predicted molar refractivity (Wildman–Crippen MR) is 129 cm³/mol.